The van der Waals surface area contributed by atoms with Crippen molar-refractivity contribution in [2.75, 3.05) is 0 Å². The summed E-state index contributed by atoms with van der Waals surface area (Å²) in [6.07, 6.45) is 5.11. The summed E-state index contributed by atoms with van der Waals surface area (Å²) in [6, 6.07) is 0.483. The topological polar surface area (TPSA) is 113 Å². The first-order valence-electron chi connectivity index (χ1n) is 4.88. The molecule has 0 aliphatic rings. The SMILES string of the molecule is CCCCCC(C)NN.O=C(O)C(=O)O. The molecule has 1 atom stereocenters. The van der Waals surface area contributed by atoms with E-state index in [-0.39, 0.29) is 0 Å². The van der Waals surface area contributed by atoms with Gasteiger partial charge in [0.05, 0.1) is 0 Å². The Hall–Kier alpha value is -1.14. The molecule has 15 heavy (non-hydrogen) atoms. The molecule has 0 saturated heterocycles. The lowest BCUT2D eigenvalue weighted by Crippen LogP contribution is -2.32. The van der Waals surface area contributed by atoms with Crippen LogP contribution in [0.4, 0.5) is 0 Å². The number of unbranched alkanes of at least 4 members (excludes halogenated alkanes) is 2. The largest absolute Gasteiger partial charge is 0.473 e. The smallest absolute Gasteiger partial charge is 0.414 e. The van der Waals surface area contributed by atoms with E-state index in [4.69, 9.17) is 25.6 Å². The number of carboxylic acids is 2. The summed E-state index contributed by atoms with van der Waals surface area (Å²) in [5, 5.41) is 14.8. The molecule has 0 fully saturated rings. The van der Waals surface area contributed by atoms with Gasteiger partial charge in [0, 0.05) is 6.04 Å². The van der Waals surface area contributed by atoms with Crippen LogP contribution in [0.1, 0.15) is 39.5 Å². The van der Waals surface area contributed by atoms with Gasteiger partial charge in [0.1, 0.15) is 0 Å². The molecule has 5 N–H and O–H groups in total. The molecule has 0 aromatic rings. The quantitative estimate of drug-likeness (QED) is 0.233. The molecule has 0 rings (SSSR count). The summed E-state index contributed by atoms with van der Waals surface area (Å²) in [5.41, 5.74) is 2.72. The fraction of sp³-hybridized carbons (Fsp3) is 0.778. The maximum atomic E-state index is 9.10. The van der Waals surface area contributed by atoms with E-state index in [1.54, 1.807) is 0 Å². The van der Waals surface area contributed by atoms with Crippen molar-refractivity contribution in [2.24, 2.45) is 5.84 Å². The van der Waals surface area contributed by atoms with Gasteiger partial charge in [-0.25, -0.2) is 9.59 Å². The number of hydrogen-bond donors (Lipinski definition) is 4. The third-order valence-electron chi connectivity index (χ3n) is 1.71. The minimum Gasteiger partial charge on any atom is -0.473 e. The van der Waals surface area contributed by atoms with Gasteiger partial charge in [-0.3, -0.25) is 11.3 Å². The molecule has 6 heteroatoms. The Bertz CT molecular complexity index is 173. The van der Waals surface area contributed by atoms with Crippen molar-refractivity contribution in [3.63, 3.8) is 0 Å². The molecule has 0 saturated carbocycles. The average molecular weight is 220 g/mol. The van der Waals surface area contributed by atoms with E-state index in [0.717, 1.165) is 0 Å². The van der Waals surface area contributed by atoms with Crippen LogP contribution in [0.15, 0.2) is 0 Å². The van der Waals surface area contributed by atoms with Crippen molar-refractivity contribution in [1.82, 2.24) is 5.43 Å². The Morgan fingerprint density at radius 2 is 1.73 bits per heavy atom. The van der Waals surface area contributed by atoms with E-state index in [1.165, 1.54) is 25.7 Å². The lowest BCUT2D eigenvalue weighted by Gasteiger charge is -2.07. The summed E-state index contributed by atoms with van der Waals surface area (Å²) in [5.74, 6) is 1.56. The van der Waals surface area contributed by atoms with E-state index in [9.17, 15) is 0 Å². The van der Waals surface area contributed by atoms with Gasteiger partial charge in [0.15, 0.2) is 0 Å². The number of nitrogens with two attached hydrogens (primary N) is 1. The summed E-state index contributed by atoms with van der Waals surface area (Å²) >= 11 is 0. The highest BCUT2D eigenvalue weighted by Crippen LogP contribution is 2.01. The third kappa shape index (κ3) is 15.6. The Morgan fingerprint density at radius 1 is 1.27 bits per heavy atom. The molecule has 0 aliphatic heterocycles. The Balaban J connectivity index is 0. The number of carboxylic acid groups (broad SMARTS) is 2. The molecule has 0 aliphatic carbocycles. The highest BCUT2D eigenvalue weighted by atomic mass is 16.4. The highest BCUT2D eigenvalue weighted by molar-refractivity contribution is 6.27. The Kier molecular flexibility index (Phi) is 11.9. The Morgan fingerprint density at radius 3 is 2.00 bits per heavy atom. The second-order valence-electron chi connectivity index (χ2n) is 3.17. The normalized spacial score (nSPS) is 11.1. The number of hydrogen-bond acceptors (Lipinski definition) is 4. The first kappa shape index (κ1) is 16.3. The van der Waals surface area contributed by atoms with Gasteiger partial charge in [-0.1, -0.05) is 26.2 Å². The molecule has 0 aromatic carbocycles. The van der Waals surface area contributed by atoms with Crippen LogP contribution in [-0.4, -0.2) is 28.2 Å². The van der Waals surface area contributed by atoms with Gasteiger partial charge < -0.3 is 10.2 Å². The summed E-state index contributed by atoms with van der Waals surface area (Å²) < 4.78 is 0. The van der Waals surface area contributed by atoms with Crippen molar-refractivity contribution in [1.29, 1.82) is 0 Å². The van der Waals surface area contributed by atoms with Crippen molar-refractivity contribution >= 4 is 11.9 Å². The van der Waals surface area contributed by atoms with Crippen LogP contribution < -0.4 is 11.3 Å². The van der Waals surface area contributed by atoms with Gasteiger partial charge in [-0.15, -0.1) is 0 Å². The second-order valence-corrected chi connectivity index (χ2v) is 3.17. The molecule has 0 spiro atoms. The summed E-state index contributed by atoms with van der Waals surface area (Å²) in [4.78, 5) is 18.2. The fourth-order valence-corrected chi connectivity index (χ4v) is 0.784. The minimum atomic E-state index is -1.82. The van der Waals surface area contributed by atoms with Crippen LogP contribution in [0.25, 0.3) is 0 Å². The van der Waals surface area contributed by atoms with Gasteiger partial charge in [0.2, 0.25) is 0 Å². The van der Waals surface area contributed by atoms with Crippen molar-refractivity contribution < 1.29 is 19.8 Å². The molecule has 6 nitrogen and oxygen atoms in total. The van der Waals surface area contributed by atoms with E-state index in [1.807, 2.05) is 0 Å². The molecule has 90 valence electrons. The van der Waals surface area contributed by atoms with Crippen LogP contribution >= 0.6 is 0 Å². The first-order valence-corrected chi connectivity index (χ1v) is 4.88. The third-order valence-corrected chi connectivity index (χ3v) is 1.71. The number of hydrazine groups is 1. The maximum absolute atomic E-state index is 9.10. The van der Waals surface area contributed by atoms with Gasteiger partial charge in [-0.05, 0) is 13.3 Å². The van der Waals surface area contributed by atoms with Crippen LogP contribution in [-0.2, 0) is 9.59 Å². The Labute approximate surface area is 89.4 Å². The highest BCUT2D eigenvalue weighted by Gasteiger charge is 2.04. The second kappa shape index (κ2) is 10.9. The van der Waals surface area contributed by atoms with E-state index in [0.29, 0.717) is 6.04 Å². The van der Waals surface area contributed by atoms with E-state index in [2.05, 4.69) is 19.3 Å². The predicted octanol–water partition coefficient (Wildman–Crippen LogP) is 0.574. The predicted molar refractivity (Wildman–Crippen MR) is 56.2 cm³/mol. The zero-order chi connectivity index (χ0) is 12.3. The van der Waals surface area contributed by atoms with Crippen molar-refractivity contribution in [2.45, 2.75) is 45.6 Å². The first-order chi connectivity index (χ1) is 6.95. The lowest BCUT2D eigenvalue weighted by atomic mass is 10.1. The summed E-state index contributed by atoms with van der Waals surface area (Å²) in [6.45, 7) is 4.32. The molecule has 0 amide bonds. The lowest BCUT2D eigenvalue weighted by molar-refractivity contribution is -0.159. The molecular weight excluding hydrogens is 200 g/mol. The zero-order valence-corrected chi connectivity index (χ0v) is 9.19. The molecular formula is C9H20N2O4. The van der Waals surface area contributed by atoms with Crippen LogP contribution in [0.3, 0.4) is 0 Å². The van der Waals surface area contributed by atoms with Crippen molar-refractivity contribution in [3.8, 4) is 0 Å². The van der Waals surface area contributed by atoms with Crippen molar-refractivity contribution in [3.05, 3.63) is 0 Å². The summed E-state index contributed by atoms with van der Waals surface area (Å²) in [7, 11) is 0. The number of rotatable bonds is 5. The zero-order valence-electron chi connectivity index (χ0n) is 9.19. The fourth-order valence-electron chi connectivity index (χ4n) is 0.784. The van der Waals surface area contributed by atoms with Gasteiger partial charge in [0.25, 0.3) is 0 Å². The molecule has 0 radical (unpaired) electrons. The van der Waals surface area contributed by atoms with Crippen LogP contribution in [0.2, 0.25) is 0 Å². The average Bonchev–Trinajstić information content (AvgIpc) is 2.18. The molecule has 0 bridgehead atoms. The monoisotopic (exact) mass is 220 g/mol. The standard InChI is InChI=1S/C7H18N2.C2H2O4/c1-3-4-5-6-7(2)9-8;3-1(4)2(5)6/h7,9H,3-6,8H2,1-2H3;(H,3,4)(H,5,6). The van der Waals surface area contributed by atoms with Gasteiger partial charge >= 0.3 is 11.9 Å². The number of aliphatic carboxylic acids is 2. The van der Waals surface area contributed by atoms with Crippen LogP contribution in [0, 0.1) is 0 Å². The number of carbonyl (C=O) groups is 2. The van der Waals surface area contributed by atoms with Gasteiger partial charge in [-0.2, -0.15) is 0 Å². The molecule has 1 unspecified atom stereocenters. The minimum absolute atomic E-state index is 0.483. The van der Waals surface area contributed by atoms with Crippen LogP contribution in [0.5, 0.6) is 0 Å². The van der Waals surface area contributed by atoms with E-state index < -0.39 is 11.9 Å². The maximum Gasteiger partial charge on any atom is 0.414 e. The van der Waals surface area contributed by atoms with E-state index >= 15 is 0 Å². The molecule has 0 aromatic heterocycles. The molecule has 0 heterocycles. The number of nitrogens with one attached hydrogen (secondary N) is 1.